The maximum Gasteiger partial charge on any atom is 0.282 e. The van der Waals surface area contributed by atoms with Crippen molar-refractivity contribution in [1.29, 1.82) is 0 Å². The van der Waals surface area contributed by atoms with Crippen LogP contribution in [0.25, 0.3) is 10.9 Å². The number of methoxy groups -OCH3 is 1. The second-order valence-corrected chi connectivity index (χ2v) is 8.43. The van der Waals surface area contributed by atoms with Crippen LogP contribution in [0.3, 0.4) is 0 Å². The van der Waals surface area contributed by atoms with Crippen LogP contribution in [0.1, 0.15) is 18.0 Å². The number of rotatable bonds is 7. The largest absolute Gasteiger partial charge is 0.504 e. The topological polar surface area (TPSA) is 74.7 Å². The Hall–Kier alpha value is -2.64. The van der Waals surface area contributed by atoms with E-state index in [0.717, 1.165) is 35.1 Å². The number of carbonyl (C=O) groups is 1. The van der Waals surface area contributed by atoms with Crippen molar-refractivity contribution in [2.75, 3.05) is 31.3 Å². The van der Waals surface area contributed by atoms with Crippen LogP contribution in [0.5, 0.6) is 11.5 Å². The third-order valence-electron chi connectivity index (χ3n) is 5.16. The van der Waals surface area contributed by atoms with Gasteiger partial charge in [-0.1, -0.05) is 29.4 Å². The third-order valence-corrected chi connectivity index (χ3v) is 6.36. The van der Waals surface area contributed by atoms with Crippen LogP contribution in [0.15, 0.2) is 48.7 Å². The summed E-state index contributed by atoms with van der Waals surface area (Å²) in [5.41, 5.74) is 2.81. The Balaban J connectivity index is 1.40. The van der Waals surface area contributed by atoms with Crippen molar-refractivity contribution in [3.8, 4) is 11.5 Å². The summed E-state index contributed by atoms with van der Waals surface area (Å²) in [6.07, 6.45) is 2.56. The average molecular weight is 444 g/mol. The van der Waals surface area contributed by atoms with Crippen molar-refractivity contribution in [2.45, 2.75) is 12.5 Å². The number of benzene rings is 2. The first kappa shape index (κ1) is 20.6. The van der Waals surface area contributed by atoms with Gasteiger partial charge in [0.25, 0.3) is 5.24 Å². The summed E-state index contributed by atoms with van der Waals surface area (Å²) in [5.74, 6) is 1.21. The Labute approximate surface area is 184 Å². The standard InChI is InChI=1S/C22H22ClN3O3S/c1-29-21-11-14(3-6-20(21)27)19-13-30-22(28)26(19)10-2-8-24-17-7-9-25-18-12-15(23)4-5-16(17)18/h3-7,9,11-12,19,27H,2,8,10,13H2,1H3,(H,24,25). The van der Waals surface area contributed by atoms with Gasteiger partial charge in [0.1, 0.15) is 0 Å². The fraction of sp³-hybridized carbons (Fsp3) is 0.273. The van der Waals surface area contributed by atoms with E-state index in [9.17, 15) is 9.90 Å². The van der Waals surface area contributed by atoms with E-state index in [2.05, 4.69) is 10.3 Å². The molecule has 2 N–H and O–H groups in total. The van der Waals surface area contributed by atoms with Gasteiger partial charge in [-0.05, 0) is 48.4 Å². The molecule has 156 valence electrons. The summed E-state index contributed by atoms with van der Waals surface area (Å²) < 4.78 is 5.21. The van der Waals surface area contributed by atoms with E-state index >= 15 is 0 Å². The molecule has 4 rings (SSSR count). The number of aromatic nitrogens is 1. The number of phenolic OH excluding ortho intramolecular Hbond substituents is 1. The molecule has 1 aromatic heterocycles. The number of nitrogens with one attached hydrogen (secondary N) is 1. The molecule has 0 radical (unpaired) electrons. The van der Waals surface area contributed by atoms with Crippen molar-refractivity contribution in [1.82, 2.24) is 9.88 Å². The van der Waals surface area contributed by atoms with Gasteiger partial charge in [-0.2, -0.15) is 0 Å². The molecule has 6 nitrogen and oxygen atoms in total. The van der Waals surface area contributed by atoms with Gasteiger partial charge in [0, 0.05) is 41.1 Å². The molecule has 1 aliphatic heterocycles. The van der Waals surface area contributed by atoms with Gasteiger partial charge < -0.3 is 20.1 Å². The highest BCUT2D eigenvalue weighted by molar-refractivity contribution is 8.13. The number of phenols is 1. The first-order valence-electron chi connectivity index (χ1n) is 9.65. The molecule has 0 bridgehead atoms. The predicted octanol–water partition coefficient (Wildman–Crippen LogP) is 5.31. The van der Waals surface area contributed by atoms with Gasteiger partial charge >= 0.3 is 0 Å². The molecule has 2 aromatic carbocycles. The lowest BCUT2D eigenvalue weighted by Gasteiger charge is -2.25. The molecule has 1 fully saturated rings. The van der Waals surface area contributed by atoms with Crippen LogP contribution in [0.4, 0.5) is 10.5 Å². The van der Waals surface area contributed by atoms with Gasteiger partial charge in [0.05, 0.1) is 18.7 Å². The molecule has 1 atom stereocenters. The molecular weight excluding hydrogens is 422 g/mol. The van der Waals surface area contributed by atoms with Gasteiger partial charge in [0.2, 0.25) is 0 Å². The number of ether oxygens (including phenoxy) is 1. The number of amides is 1. The zero-order chi connectivity index (χ0) is 21.1. The number of aromatic hydroxyl groups is 1. The number of anilines is 1. The number of carbonyl (C=O) groups excluding carboxylic acids is 1. The van der Waals surface area contributed by atoms with Crippen LogP contribution in [0.2, 0.25) is 5.02 Å². The van der Waals surface area contributed by atoms with Crippen LogP contribution >= 0.6 is 23.4 Å². The Bertz CT molecular complexity index is 1080. The average Bonchev–Trinajstić information content (AvgIpc) is 3.11. The molecule has 1 aliphatic rings. The van der Waals surface area contributed by atoms with Crippen molar-refractivity contribution in [3.63, 3.8) is 0 Å². The van der Waals surface area contributed by atoms with Crippen molar-refractivity contribution in [3.05, 3.63) is 59.2 Å². The zero-order valence-corrected chi connectivity index (χ0v) is 18.0. The monoisotopic (exact) mass is 443 g/mol. The fourth-order valence-electron chi connectivity index (χ4n) is 3.62. The number of nitrogens with zero attached hydrogens (tertiary/aromatic N) is 2. The molecule has 1 saturated heterocycles. The summed E-state index contributed by atoms with van der Waals surface area (Å²) in [6, 6.07) is 12.8. The summed E-state index contributed by atoms with van der Waals surface area (Å²) in [4.78, 5) is 18.7. The minimum Gasteiger partial charge on any atom is -0.504 e. The Morgan fingerprint density at radius 2 is 2.17 bits per heavy atom. The second kappa shape index (κ2) is 9.02. The van der Waals surface area contributed by atoms with Gasteiger partial charge in [-0.15, -0.1) is 0 Å². The number of pyridine rings is 1. The molecule has 0 saturated carbocycles. The van der Waals surface area contributed by atoms with Crippen molar-refractivity contribution >= 4 is 45.2 Å². The maximum absolute atomic E-state index is 12.4. The van der Waals surface area contributed by atoms with E-state index in [0.29, 0.717) is 23.1 Å². The van der Waals surface area contributed by atoms with Crippen molar-refractivity contribution < 1.29 is 14.6 Å². The first-order valence-corrected chi connectivity index (χ1v) is 11.0. The Morgan fingerprint density at radius 3 is 3.00 bits per heavy atom. The molecule has 3 aromatic rings. The lowest BCUT2D eigenvalue weighted by atomic mass is 10.1. The molecular formula is C22H22ClN3O3S. The highest BCUT2D eigenvalue weighted by Gasteiger charge is 2.32. The normalized spacial score (nSPS) is 16.3. The lowest BCUT2D eigenvalue weighted by Crippen LogP contribution is -2.29. The summed E-state index contributed by atoms with van der Waals surface area (Å²) >= 11 is 7.38. The number of hydrogen-bond donors (Lipinski definition) is 2. The van der Waals surface area contributed by atoms with Gasteiger partial charge in [0.15, 0.2) is 11.5 Å². The van der Waals surface area contributed by atoms with E-state index in [1.165, 1.54) is 18.9 Å². The fourth-order valence-corrected chi connectivity index (χ4v) is 4.85. The number of hydrogen-bond acceptors (Lipinski definition) is 6. The van der Waals surface area contributed by atoms with Crippen molar-refractivity contribution in [2.24, 2.45) is 0 Å². The number of fused-ring (bicyclic) bond motifs is 1. The van der Waals surface area contributed by atoms with Gasteiger partial charge in [-0.25, -0.2) is 0 Å². The molecule has 30 heavy (non-hydrogen) atoms. The first-order chi connectivity index (χ1) is 14.6. The van der Waals surface area contributed by atoms with E-state index in [4.69, 9.17) is 16.3 Å². The number of halogens is 1. The molecule has 0 aliphatic carbocycles. The molecule has 1 unspecified atom stereocenters. The maximum atomic E-state index is 12.4. The molecule has 0 spiro atoms. The smallest absolute Gasteiger partial charge is 0.282 e. The molecule has 1 amide bonds. The van der Waals surface area contributed by atoms with E-state index in [-0.39, 0.29) is 17.0 Å². The lowest BCUT2D eigenvalue weighted by molar-refractivity contribution is 0.211. The Morgan fingerprint density at radius 1 is 1.30 bits per heavy atom. The Kier molecular flexibility index (Phi) is 6.20. The third kappa shape index (κ3) is 4.27. The zero-order valence-electron chi connectivity index (χ0n) is 16.5. The highest BCUT2D eigenvalue weighted by Crippen LogP contribution is 2.38. The quantitative estimate of drug-likeness (QED) is 0.482. The summed E-state index contributed by atoms with van der Waals surface area (Å²) in [7, 11) is 1.52. The predicted molar refractivity (Wildman–Crippen MR) is 122 cm³/mol. The van der Waals surface area contributed by atoms with Crippen LogP contribution in [-0.4, -0.2) is 46.2 Å². The summed E-state index contributed by atoms with van der Waals surface area (Å²) in [5, 5.41) is 15.0. The van der Waals surface area contributed by atoms with Crippen LogP contribution < -0.4 is 10.1 Å². The minimum absolute atomic E-state index is 0.0269. The van der Waals surface area contributed by atoms with Gasteiger partial charge in [-0.3, -0.25) is 9.78 Å². The second-order valence-electron chi connectivity index (χ2n) is 7.02. The van der Waals surface area contributed by atoms with Crippen LogP contribution in [-0.2, 0) is 0 Å². The van der Waals surface area contributed by atoms with Crippen LogP contribution in [0, 0.1) is 0 Å². The van der Waals surface area contributed by atoms with E-state index in [1.54, 1.807) is 18.3 Å². The number of thioether (sulfide) groups is 1. The highest BCUT2D eigenvalue weighted by atomic mass is 35.5. The molecule has 8 heteroatoms. The SMILES string of the molecule is COc1cc(C2CSC(=O)N2CCCNc2ccnc3cc(Cl)ccc23)ccc1O. The molecule has 2 heterocycles. The van der Waals surface area contributed by atoms with E-state index in [1.807, 2.05) is 35.2 Å². The minimum atomic E-state index is -0.0269. The summed E-state index contributed by atoms with van der Waals surface area (Å²) in [6.45, 7) is 1.36. The van der Waals surface area contributed by atoms with E-state index < -0.39 is 0 Å².